The number of benzene rings is 2. The number of hydrogen-bond acceptors (Lipinski definition) is 4. The molecule has 1 N–H and O–H groups in total. The van der Waals surface area contributed by atoms with Gasteiger partial charge < -0.3 is 15.1 Å². The van der Waals surface area contributed by atoms with Crippen LogP contribution in [0.25, 0.3) is 0 Å². The monoisotopic (exact) mass is 482 g/mol. The van der Waals surface area contributed by atoms with Crippen molar-refractivity contribution in [3.8, 4) is 0 Å². The molecule has 186 valence electrons. The molecule has 0 spiro atoms. The van der Waals surface area contributed by atoms with Crippen molar-refractivity contribution >= 4 is 11.8 Å². The quantitative estimate of drug-likeness (QED) is 0.567. The van der Waals surface area contributed by atoms with Crippen LogP contribution in [0.1, 0.15) is 65.0 Å². The summed E-state index contributed by atoms with van der Waals surface area (Å²) in [5, 5.41) is 3.18. The van der Waals surface area contributed by atoms with Crippen LogP contribution in [-0.4, -0.2) is 59.3 Å². The molecule has 0 saturated carbocycles. The van der Waals surface area contributed by atoms with Crippen molar-refractivity contribution in [3.05, 3.63) is 101 Å². The molecule has 0 aliphatic carbocycles. The van der Waals surface area contributed by atoms with Crippen molar-refractivity contribution in [2.24, 2.45) is 0 Å². The predicted octanol–water partition coefficient (Wildman–Crippen LogP) is 4.38. The number of hydrogen-bond donors (Lipinski definition) is 1. The minimum absolute atomic E-state index is 0.0327. The molecule has 2 fully saturated rings. The largest absolute Gasteiger partial charge is 0.340 e. The molecule has 0 radical (unpaired) electrons. The fraction of sp³-hybridized carbons (Fsp3) is 0.367. The van der Waals surface area contributed by atoms with Crippen LogP contribution in [0.4, 0.5) is 0 Å². The van der Waals surface area contributed by atoms with E-state index in [2.05, 4.69) is 46.7 Å². The van der Waals surface area contributed by atoms with Gasteiger partial charge in [0.05, 0.1) is 5.69 Å². The van der Waals surface area contributed by atoms with Crippen LogP contribution < -0.4 is 5.32 Å². The van der Waals surface area contributed by atoms with Gasteiger partial charge in [-0.1, -0.05) is 66.7 Å². The average Bonchev–Trinajstić information content (AvgIpc) is 3.61. The number of carbonyl (C=O) groups excluding carboxylic acids is 2. The normalized spacial score (nSPS) is 22.6. The zero-order valence-electron chi connectivity index (χ0n) is 21.0. The maximum atomic E-state index is 13.9. The summed E-state index contributed by atoms with van der Waals surface area (Å²) in [6.07, 6.45) is 1.58. The molecule has 1 aromatic heterocycles. The molecular weight excluding hydrogens is 448 g/mol. The third-order valence-corrected chi connectivity index (χ3v) is 7.76. The Morgan fingerprint density at radius 3 is 2.22 bits per heavy atom. The minimum atomic E-state index is -0.482. The summed E-state index contributed by atoms with van der Waals surface area (Å²) in [7, 11) is 1.87. The Balaban J connectivity index is 1.39. The van der Waals surface area contributed by atoms with Gasteiger partial charge in [0.15, 0.2) is 0 Å². The van der Waals surface area contributed by atoms with E-state index < -0.39 is 6.04 Å². The lowest BCUT2D eigenvalue weighted by Gasteiger charge is -2.28. The van der Waals surface area contributed by atoms with E-state index in [-0.39, 0.29) is 23.8 Å². The second kappa shape index (κ2) is 10.6. The van der Waals surface area contributed by atoms with E-state index in [9.17, 15) is 9.59 Å². The van der Waals surface area contributed by atoms with Crippen LogP contribution in [0.15, 0.2) is 78.9 Å². The molecule has 2 aromatic carbocycles. The van der Waals surface area contributed by atoms with Crippen molar-refractivity contribution in [3.63, 3.8) is 0 Å². The van der Waals surface area contributed by atoms with E-state index >= 15 is 0 Å². The summed E-state index contributed by atoms with van der Waals surface area (Å²) in [6.45, 7) is 3.95. The lowest BCUT2D eigenvalue weighted by Crippen LogP contribution is -2.47. The second-order valence-corrected chi connectivity index (χ2v) is 9.96. The molecule has 1 unspecified atom stereocenters. The van der Waals surface area contributed by atoms with Crippen LogP contribution in [0, 0.1) is 0 Å². The maximum absolute atomic E-state index is 13.9. The summed E-state index contributed by atoms with van der Waals surface area (Å²) in [5.74, 6) is 0.346. The molecular formula is C30H34N4O2. The van der Waals surface area contributed by atoms with Gasteiger partial charge in [0.2, 0.25) is 5.91 Å². The summed E-state index contributed by atoms with van der Waals surface area (Å²) in [4.78, 5) is 36.0. The van der Waals surface area contributed by atoms with Crippen LogP contribution in [-0.2, 0) is 4.79 Å². The highest BCUT2D eigenvalue weighted by molar-refractivity contribution is 5.97. The number of carbonyl (C=O) groups is 2. The van der Waals surface area contributed by atoms with Crippen molar-refractivity contribution in [2.75, 3.05) is 26.7 Å². The maximum Gasteiger partial charge on any atom is 0.273 e. The third-order valence-electron chi connectivity index (χ3n) is 7.76. The molecule has 6 nitrogen and oxygen atoms in total. The molecule has 3 aromatic rings. The molecule has 2 amide bonds. The summed E-state index contributed by atoms with van der Waals surface area (Å²) >= 11 is 0. The van der Waals surface area contributed by atoms with E-state index in [4.69, 9.17) is 0 Å². The molecule has 4 atom stereocenters. The van der Waals surface area contributed by atoms with E-state index in [1.54, 1.807) is 11.0 Å². The van der Waals surface area contributed by atoms with E-state index in [1.165, 1.54) is 11.1 Å². The van der Waals surface area contributed by atoms with Crippen LogP contribution in [0.3, 0.4) is 0 Å². The SMILES string of the molecule is CNC(C)c1cccc(C(=O)N2C[C@@H](c3ccccc3)C[C@H]2C(=O)N2CC[C@H](c3ccccc3)C2)n1. The minimum Gasteiger partial charge on any atom is -0.340 e. The first-order chi connectivity index (χ1) is 17.5. The highest BCUT2D eigenvalue weighted by atomic mass is 16.2. The first kappa shape index (κ1) is 24.2. The van der Waals surface area contributed by atoms with E-state index in [0.29, 0.717) is 31.1 Å². The topological polar surface area (TPSA) is 65.5 Å². The molecule has 3 heterocycles. The highest BCUT2D eigenvalue weighted by Gasteiger charge is 2.43. The fourth-order valence-corrected chi connectivity index (χ4v) is 5.54. The third kappa shape index (κ3) is 4.91. The molecule has 36 heavy (non-hydrogen) atoms. The standard InChI is InChI=1S/C30H34N4O2/c1-21(31-2)26-14-9-15-27(32-26)29(35)34-20-25(23-12-7-4-8-13-23)18-28(34)30(36)33-17-16-24(19-33)22-10-5-3-6-11-22/h3-15,21,24-25,28,31H,16-20H2,1-2H3/t21?,24-,25-,28-/m0/s1. The van der Waals surface area contributed by atoms with Crippen molar-refractivity contribution in [2.45, 2.75) is 43.7 Å². The molecule has 2 aliphatic rings. The van der Waals surface area contributed by atoms with Crippen molar-refractivity contribution < 1.29 is 9.59 Å². The Labute approximate surface area is 213 Å². The van der Waals surface area contributed by atoms with Gasteiger partial charge in [0, 0.05) is 37.5 Å². The lowest BCUT2D eigenvalue weighted by atomic mass is 9.96. The van der Waals surface area contributed by atoms with Gasteiger partial charge in [-0.3, -0.25) is 9.59 Å². The highest BCUT2D eigenvalue weighted by Crippen LogP contribution is 2.35. The predicted molar refractivity (Wildman–Crippen MR) is 141 cm³/mol. The molecule has 2 aliphatic heterocycles. The van der Waals surface area contributed by atoms with E-state index in [0.717, 1.165) is 18.7 Å². The molecule has 6 heteroatoms. The number of nitrogens with one attached hydrogen (secondary N) is 1. The number of aromatic nitrogens is 1. The van der Waals surface area contributed by atoms with Gasteiger partial charge in [-0.25, -0.2) is 4.98 Å². The Kier molecular flexibility index (Phi) is 7.14. The summed E-state index contributed by atoms with van der Waals surface area (Å²) in [5.41, 5.74) is 3.65. The number of likely N-dealkylation sites (tertiary alicyclic amines) is 2. The number of pyridine rings is 1. The van der Waals surface area contributed by atoms with Gasteiger partial charge in [-0.2, -0.15) is 0 Å². The van der Waals surface area contributed by atoms with E-state index in [1.807, 2.05) is 55.3 Å². The average molecular weight is 483 g/mol. The van der Waals surface area contributed by atoms with Gasteiger partial charge in [-0.15, -0.1) is 0 Å². The Hall–Kier alpha value is -3.51. The van der Waals surface area contributed by atoms with Crippen molar-refractivity contribution in [1.82, 2.24) is 20.1 Å². The number of nitrogens with zero attached hydrogens (tertiary/aromatic N) is 3. The first-order valence-corrected chi connectivity index (χ1v) is 12.9. The van der Waals surface area contributed by atoms with Gasteiger partial charge in [-0.05, 0) is 50.1 Å². The number of rotatable bonds is 6. The van der Waals surface area contributed by atoms with Crippen LogP contribution >= 0.6 is 0 Å². The Bertz CT molecular complexity index is 1200. The smallest absolute Gasteiger partial charge is 0.273 e. The molecule has 5 rings (SSSR count). The fourth-order valence-electron chi connectivity index (χ4n) is 5.54. The van der Waals surface area contributed by atoms with Crippen LogP contribution in [0.2, 0.25) is 0 Å². The number of amides is 2. The van der Waals surface area contributed by atoms with Crippen molar-refractivity contribution in [1.29, 1.82) is 0 Å². The van der Waals surface area contributed by atoms with Gasteiger partial charge in [0.25, 0.3) is 5.91 Å². The first-order valence-electron chi connectivity index (χ1n) is 12.9. The van der Waals surface area contributed by atoms with Crippen LogP contribution in [0.5, 0.6) is 0 Å². The zero-order chi connectivity index (χ0) is 25.1. The molecule has 0 bridgehead atoms. The second-order valence-electron chi connectivity index (χ2n) is 9.96. The van der Waals surface area contributed by atoms with Gasteiger partial charge in [0.1, 0.15) is 11.7 Å². The Morgan fingerprint density at radius 1 is 0.889 bits per heavy atom. The molecule has 2 saturated heterocycles. The summed E-state index contributed by atoms with van der Waals surface area (Å²) < 4.78 is 0. The zero-order valence-corrected chi connectivity index (χ0v) is 21.0. The lowest BCUT2D eigenvalue weighted by molar-refractivity contribution is -0.134. The van der Waals surface area contributed by atoms with Gasteiger partial charge >= 0.3 is 0 Å². The summed E-state index contributed by atoms with van der Waals surface area (Å²) in [6, 6.07) is 25.7. The Morgan fingerprint density at radius 2 is 1.56 bits per heavy atom.